The Bertz CT molecular complexity index is 1120. The number of aliphatic hydroxyl groups excluding tert-OH is 1. The van der Waals surface area contributed by atoms with E-state index in [4.69, 9.17) is 9.05 Å². The molecular formula is C59H120N2O6P+. The minimum atomic E-state index is -4.34. The molecule has 0 spiro atoms. The Labute approximate surface area is 424 Å². The third-order valence-electron chi connectivity index (χ3n) is 14.0. The van der Waals surface area contributed by atoms with Gasteiger partial charge in [0.05, 0.1) is 39.9 Å². The van der Waals surface area contributed by atoms with E-state index in [1.54, 1.807) is 6.08 Å². The fraction of sp³-hybridized carbons (Fsp3) is 0.949. The zero-order valence-corrected chi connectivity index (χ0v) is 47.3. The van der Waals surface area contributed by atoms with Crippen LogP contribution in [0.1, 0.15) is 309 Å². The summed E-state index contributed by atoms with van der Waals surface area (Å²) >= 11 is 0. The van der Waals surface area contributed by atoms with Crippen molar-refractivity contribution < 1.29 is 32.9 Å². The second-order valence-electron chi connectivity index (χ2n) is 22.1. The van der Waals surface area contributed by atoms with Crippen LogP contribution in [0.2, 0.25) is 0 Å². The van der Waals surface area contributed by atoms with Crippen molar-refractivity contribution in [3.63, 3.8) is 0 Å². The summed E-state index contributed by atoms with van der Waals surface area (Å²) in [6.07, 6.45) is 63.1. The number of rotatable bonds is 56. The van der Waals surface area contributed by atoms with Crippen LogP contribution in [-0.4, -0.2) is 73.4 Å². The van der Waals surface area contributed by atoms with E-state index < -0.39 is 20.0 Å². The van der Waals surface area contributed by atoms with Crippen LogP contribution >= 0.6 is 7.82 Å². The van der Waals surface area contributed by atoms with Gasteiger partial charge in [-0.15, -0.1) is 0 Å². The number of hydrogen-bond donors (Lipinski definition) is 3. The topological polar surface area (TPSA) is 105 Å². The van der Waals surface area contributed by atoms with Gasteiger partial charge in [0.15, 0.2) is 0 Å². The van der Waals surface area contributed by atoms with Gasteiger partial charge >= 0.3 is 7.82 Å². The van der Waals surface area contributed by atoms with Gasteiger partial charge in [0.25, 0.3) is 0 Å². The third kappa shape index (κ3) is 53.0. The van der Waals surface area contributed by atoms with Crippen LogP contribution < -0.4 is 5.32 Å². The zero-order valence-electron chi connectivity index (χ0n) is 46.4. The number of amides is 1. The molecule has 0 bridgehead atoms. The number of likely N-dealkylation sites (N-methyl/N-ethyl adjacent to an activating group) is 1. The first-order valence-electron chi connectivity index (χ1n) is 30.1. The molecule has 68 heavy (non-hydrogen) atoms. The summed E-state index contributed by atoms with van der Waals surface area (Å²) < 4.78 is 23.7. The third-order valence-corrected chi connectivity index (χ3v) is 15.0. The van der Waals surface area contributed by atoms with E-state index in [0.29, 0.717) is 17.4 Å². The first-order chi connectivity index (χ1) is 33.0. The molecule has 0 saturated carbocycles. The van der Waals surface area contributed by atoms with Crippen LogP contribution in [0.15, 0.2) is 12.2 Å². The van der Waals surface area contributed by atoms with Crippen LogP contribution in [0, 0.1) is 0 Å². The van der Waals surface area contributed by atoms with Crippen LogP contribution in [0.4, 0.5) is 0 Å². The van der Waals surface area contributed by atoms with Gasteiger partial charge in [-0.1, -0.05) is 296 Å². The molecule has 0 aliphatic carbocycles. The quantitative estimate of drug-likeness (QED) is 0.0243. The highest BCUT2D eigenvalue weighted by atomic mass is 31.2. The van der Waals surface area contributed by atoms with Gasteiger partial charge in [-0.25, -0.2) is 4.57 Å². The molecule has 3 unspecified atom stereocenters. The summed E-state index contributed by atoms with van der Waals surface area (Å²) in [5, 5.41) is 14.0. The summed E-state index contributed by atoms with van der Waals surface area (Å²) in [6.45, 7) is 4.87. The average molecular weight is 985 g/mol. The number of phosphoric acid groups is 1. The van der Waals surface area contributed by atoms with Crippen molar-refractivity contribution in [2.75, 3.05) is 40.9 Å². The lowest BCUT2D eigenvalue weighted by atomic mass is 10.0. The van der Waals surface area contributed by atoms with Crippen molar-refractivity contribution in [2.24, 2.45) is 0 Å². The first kappa shape index (κ1) is 67.2. The first-order valence-corrected chi connectivity index (χ1v) is 31.6. The number of quaternary nitrogens is 1. The van der Waals surface area contributed by atoms with Crippen molar-refractivity contribution in [3.05, 3.63) is 12.2 Å². The van der Waals surface area contributed by atoms with Gasteiger partial charge in [-0.3, -0.25) is 13.8 Å². The van der Waals surface area contributed by atoms with Crippen LogP contribution in [0.25, 0.3) is 0 Å². The zero-order chi connectivity index (χ0) is 49.9. The van der Waals surface area contributed by atoms with Crippen molar-refractivity contribution in [1.29, 1.82) is 0 Å². The molecule has 0 aromatic heterocycles. The minimum absolute atomic E-state index is 0.0653. The summed E-state index contributed by atoms with van der Waals surface area (Å²) in [5.41, 5.74) is 0. The smallest absolute Gasteiger partial charge is 0.387 e. The summed E-state index contributed by atoms with van der Waals surface area (Å²) in [7, 11) is 1.59. The molecular weight excluding hydrogens is 864 g/mol. The largest absolute Gasteiger partial charge is 0.472 e. The lowest BCUT2D eigenvalue weighted by Crippen LogP contribution is -2.45. The normalized spacial score (nSPS) is 13.9. The van der Waals surface area contributed by atoms with E-state index in [2.05, 4.69) is 19.2 Å². The second kappa shape index (κ2) is 51.2. The van der Waals surface area contributed by atoms with Crippen LogP contribution in [-0.2, 0) is 18.4 Å². The molecule has 0 aromatic carbocycles. The summed E-state index contributed by atoms with van der Waals surface area (Å²) in [4.78, 5) is 23.3. The van der Waals surface area contributed by atoms with E-state index in [0.717, 1.165) is 32.1 Å². The molecule has 0 saturated heterocycles. The molecule has 0 heterocycles. The van der Waals surface area contributed by atoms with Crippen LogP contribution in [0.5, 0.6) is 0 Å². The molecule has 3 N–H and O–H groups in total. The summed E-state index contributed by atoms with van der Waals surface area (Å²) in [5.74, 6) is -0.169. The summed E-state index contributed by atoms with van der Waals surface area (Å²) in [6, 6.07) is -0.842. The number of nitrogens with zero attached hydrogens (tertiary/aromatic N) is 1. The predicted molar refractivity (Wildman–Crippen MR) is 295 cm³/mol. The Kier molecular flexibility index (Phi) is 50.6. The lowest BCUT2D eigenvalue weighted by Gasteiger charge is -2.25. The fourth-order valence-corrected chi connectivity index (χ4v) is 10.0. The van der Waals surface area contributed by atoms with E-state index in [-0.39, 0.29) is 19.1 Å². The number of aliphatic hydroxyl groups is 1. The van der Waals surface area contributed by atoms with Gasteiger partial charge in [0.2, 0.25) is 5.91 Å². The maximum atomic E-state index is 13.0. The van der Waals surface area contributed by atoms with Gasteiger partial charge in [-0.2, -0.15) is 0 Å². The number of allylic oxidation sites excluding steroid dienone is 1. The molecule has 1 amide bonds. The van der Waals surface area contributed by atoms with Crippen molar-refractivity contribution in [2.45, 2.75) is 321 Å². The number of nitrogens with one attached hydrogen (secondary N) is 1. The van der Waals surface area contributed by atoms with Gasteiger partial charge in [0, 0.05) is 6.42 Å². The molecule has 0 radical (unpaired) electrons. The number of unbranched alkanes of at least 4 members (excludes halogenated alkanes) is 43. The Balaban J connectivity index is 4.16. The average Bonchev–Trinajstić information content (AvgIpc) is 3.30. The predicted octanol–water partition coefficient (Wildman–Crippen LogP) is 18.2. The molecule has 0 aromatic rings. The van der Waals surface area contributed by atoms with E-state index in [1.807, 2.05) is 27.2 Å². The molecule has 3 atom stereocenters. The highest BCUT2D eigenvalue weighted by molar-refractivity contribution is 7.47. The fourth-order valence-electron chi connectivity index (χ4n) is 9.28. The maximum Gasteiger partial charge on any atom is 0.472 e. The minimum Gasteiger partial charge on any atom is -0.387 e. The van der Waals surface area contributed by atoms with E-state index in [9.17, 15) is 19.4 Å². The van der Waals surface area contributed by atoms with Crippen LogP contribution in [0.3, 0.4) is 0 Å². The van der Waals surface area contributed by atoms with Gasteiger partial charge < -0.3 is 19.8 Å². The van der Waals surface area contributed by atoms with Crippen molar-refractivity contribution >= 4 is 13.7 Å². The highest BCUT2D eigenvalue weighted by Gasteiger charge is 2.27. The van der Waals surface area contributed by atoms with E-state index in [1.165, 1.54) is 257 Å². The second-order valence-corrected chi connectivity index (χ2v) is 23.5. The Morgan fingerprint density at radius 3 is 1.09 bits per heavy atom. The number of phosphoric ester groups is 1. The molecule has 0 aliphatic rings. The van der Waals surface area contributed by atoms with Gasteiger partial charge in [-0.05, 0) is 19.3 Å². The maximum absolute atomic E-state index is 13.0. The SMILES string of the molecule is CCCCCCCCCCCCCCCCCCCCCCCC/C=C/C(O)C(COP(=O)(O)OCC[N+](C)(C)C)NC(=O)CCCCCCCCCCCCCCCCCCCCCCCC. The number of hydrogen-bond acceptors (Lipinski definition) is 5. The van der Waals surface area contributed by atoms with E-state index >= 15 is 0 Å². The standard InChI is InChI=1S/C59H119N2O6P/c1-6-8-10-12-14-16-18-20-22-24-26-28-30-31-32-34-36-38-40-42-44-46-48-50-52-58(62)57(56-67-68(64,65)66-55-54-61(3,4)5)60-59(63)53-51-49-47-45-43-41-39-37-35-33-29-27-25-23-21-19-17-15-13-11-9-7-2/h50,52,57-58,62H,6-49,51,53-56H2,1-5H3,(H-,60,63,64,65)/p+1/b52-50+. The molecule has 406 valence electrons. The number of carbonyl (C=O) groups is 1. The van der Waals surface area contributed by atoms with Crippen molar-refractivity contribution in [1.82, 2.24) is 5.32 Å². The van der Waals surface area contributed by atoms with Crippen molar-refractivity contribution in [3.8, 4) is 0 Å². The molecule has 0 rings (SSSR count). The molecule has 9 heteroatoms. The van der Waals surface area contributed by atoms with Gasteiger partial charge in [0.1, 0.15) is 13.2 Å². The molecule has 0 fully saturated rings. The lowest BCUT2D eigenvalue weighted by molar-refractivity contribution is -0.870. The molecule has 0 aliphatic heterocycles. The molecule has 8 nitrogen and oxygen atoms in total. The highest BCUT2D eigenvalue weighted by Crippen LogP contribution is 2.43. The Morgan fingerprint density at radius 1 is 0.485 bits per heavy atom. The monoisotopic (exact) mass is 984 g/mol. The Morgan fingerprint density at radius 2 is 0.779 bits per heavy atom. The number of carbonyl (C=O) groups excluding carboxylic acids is 1. The Hall–Kier alpha value is -0.760.